The lowest BCUT2D eigenvalue weighted by molar-refractivity contribution is -0.625. The van der Waals surface area contributed by atoms with E-state index in [0.29, 0.717) is 102 Å². The summed E-state index contributed by atoms with van der Waals surface area (Å²) in [5, 5.41) is 69.8. The number of nitrogens with one attached hydrogen (secondary N) is 1. The van der Waals surface area contributed by atoms with Gasteiger partial charge < -0.3 is 35.6 Å². The molecular weight excluding hydrogens is 1770 g/mol. The first-order chi connectivity index (χ1) is 63.8. The molecule has 42 heteroatoms. The molecule has 0 bridgehead atoms. The summed E-state index contributed by atoms with van der Waals surface area (Å²) in [5.74, 6) is 4.70. The highest BCUT2D eigenvalue weighted by Gasteiger charge is 2.28. The van der Waals surface area contributed by atoms with E-state index in [9.17, 15) is 37.2 Å². The van der Waals surface area contributed by atoms with Crippen molar-refractivity contribution in [2.75, 3.05) is 30.8 Å². The van der Waals surface area contributed by atoms with E-state index in [1.54, 1.807) is 124 Å². The lowest BCUT2D eigenvalue weighted by Crippen LogP contribution is -2.47. The van der Waals surface area contributed by atoms with Crippen LogP contribution in [-0.4, -0.2) is 182 Å². The third kappa shape index (κ3) is 25.7. The number of Topliss-reactive ketones (excluding diaryl/α,β-unsaturated/α-hetero) is 1. The molecule has 17 rings (SSSR count). The Morgan fingerprint density at radius 3 is 1.44 bits per heavy atom. The molecule has 0 saturated heterocycles. The van der Waals surface area contributed by atoms with Gasteiger partial charge in [-0.05, 0) is 146 Å². The van der Waals surface area contributed by atoms with Crippen LogP contribution in [0, 0.1) is 59.8 Å². The van der Waals surface area contributed by atoms with Crippen LogP contribution in [0.15, 0.2) is 231 Å². The number of pyridine rings is 5. The maximum atomic E-state index is 12.5. The Bertz CT molecular complexity index is 7320. The fraction of sp³-hybridized carbons (Fsp3) is 0.183. The van der Waals surface area contributed by atoms with Gasteiger partial charge in [-0.25, -0.2) is 67.6 Å². The first kappa shape index (κ1) is 100. The summed E-state index contributed by atoms with van der Waals surface area (Å²) in [6.45, 7) is 17.6. The fourth-order valence-electron chi connectivity index (χ4n) is 13.1. The lowest BCUT2D eigenvalue weighted by atomic mass is 10.1. The van der Waals surface area contributed by atoms with Crippen LogP contribution in [-0.2, 0) is 56.2 Å². The molecule has 0 amide bonds. The fourth-order valence-corrected chi connectivity index (χ4v) is 14.3. The van der Waals surface area contributed by atoms with Crippen molar-refractivity contribution in [1.82, 2.24) is 98.1 Å². The van der Waals surface area contributed by atoms with Crippen LogP contribution in [0.4, 0.5) is 11.5 Å². The molecular formula is C93H93ClN25O15S+. The van der Waals surface area contributed by atoms with E-state index in [1.807, 2.05) is 163 Å². The Labute approximate surface area is 778 Å². The third-order valence-corrected chi connectivity index (χ3v) is 20.7. The van der Waals surface area contributed by atoms with Gasteiger partial charge in [0, 0.05) is 98.4 Å². The molecule has 4 aromatic carbocycles. The molecule has 0 saturated carbocycles. The number of fused-ring (bicyclic) bond motifs is 3. The van der Waals surface area contributed by atoms with E-state index in [4.69, 9.17) is 46.3 Å². The van der Waals surface area contributed by atoms with Crippen LogP contribution in [0.5, 0.6) is 0 Å². The minimum Gasteiger partial charge on any atom is -0.478 e. The SMILES string of the molecule is CC(C)(C)OC(=O)Cc1ccn2nc(-c3ccccc3)nc2c1.COC(=O)c1cc[n+](N)c(NOS(=O)(=O)c2c(C)cc(C)cc2C)c1.Cc1ncc(C)c(-c2cnn(C)c2C(=O)CO)n1.Cc1ncc(C)c(-c2cnn(C)c2C(=O)O)n1.Cl.Cn1ncc(-c2ccc(C#N)cn2)c1C(=O)O.Nc1ccn2nc(-c3ccccc3)nc2c1.O=C(O)c1ccn2nc(-c3ccccc3)nc2c1. The number of ketones is 1. The molecule has 9 N–H and O–H groups in total. The van der Waals surface area contributed by atoms with E-state index in [0.717, 1.165) is 49.3 Å². The average Bonchev–Trinajstić information content (AvgIpc) is 1.56. The van der Waals surface area contributed by atoms with Crippen LogP contribution in [0.25, 0.3) is 84.9 Å². The highest BCUT2D eigenvalue weighted by molar-refractivity contribution is 7.87. The number of ether oxygens (including phenoxy) is 2. The summed E-state index contributed by atoms with van der Waals surface area (Å²) < 4.78 is 50.0. The number of hydrogen-bond donors (Lipinski definition) is 7. The van der Waals surface area contributed by atoms with Crippen LogP contribution in [0.1, 0.15) is 124 Å². The quantitative estimate of drug-likeness (QED) is 0.0138. The van der Waals surface area contributed by atoms with Crippen molar-refractivity contribution in [2.45, 2.75) is 86.2 Å². The summed E-state index contributed by atoms with van der Waals surface area (Å²) in [6, 6.07) is 50.9. The maximum Gasteiger partial charge on any atom is 0.354 e. The number of carboxylic acid groups (broad SMARTS) is 3. The van der Waals surface area contributed by atoms with Gasteiger partial charge in [0.1, 0.15) is 46.7 Å². The van der Waals surface area contributed by atoms with E-state index >= 15 is 0 Å². The first-order valence-electron chi connectivity index (χ1n) is 40.6. The third-order valence-electron chi connectivity index (χ3n) is 19.2. The van der Waals surface area contributed by atoms with E-state index < -0.39 is 46.2 Å². The Morgan fingerprint density at radius 1 is 0.526 bits per heavy atom. The highest BCUT2D eigenvalue weighted by atomic mass is 35.5. The van der Waals surface area contributed by atoms with Crippen molar-refractivity contribution >= 4 is 86.6 Å². The Hall–Kier alpha value is -17.1. The number of aliphatic hydroxyl groups is 1. The Kier molecular flexibility index (Phi) is 33.0. The second-order valence-corrected chi connectivity index (χ2v) is 32.1. The molecule has 0 radical (unpaired) electrons. The molecule has 0 aliphatic heterocycles. The summed E-state index contributed by atoms with van der Waals surface area (Å²) in [5.41, 5.74) is 22.4. The van der Waals surface area contributed by atoms with Gasteiger partial charge in [0.05, 0.1) is 77.0 Å². The van der Waals surface area contributed by atoms with Gasteiger partial charge in [-0.2, -0.15) is 29.0 Å². The van der Waals surface area contributed by atoms with Gasteiger partial charge in [-0.1, -0.05) is 113 Å². The number of aliphatic hydroxyl groups excluding tert-OH is 1. The minimum atomic E-state index is -4.09. The second-order valence-electron chi connectivity index (χ2n) is 30.6. The minimum absolute atomic E-state index is 0. The molecule has 692 valence electrons. The number of carbonyl (C=O) groups excluding carboxylic acids is 3. The van der Waals surface area contributed by atoms with Crippen molar-refractivity contribution in [3.8, 4) is 74.0 Å². The van der Waals surface area contributed by atoms with Crippen LogP contribution >= 0.6 is 12.4 Å². The number of aromatic nitrogens is 21. The maximum absolute atomic E-state index is 12.5. The molecule has 40 nitrogen and oxygen atoms in total. The second kappa shape index (κ2) is 44.5. The van der Waals surface area contributed by atoms with Gasteiger partial charge in [0.15, 0.2) is 45.8 Å². The van der Waals surface area contributed by atoms with E-state index in [2.05, 4.69) is 80.7 Å². The molecule has 0 atom stereocenters. The number of benzene rings is 4. The number of anilines is 2. The number of hydrogen-bond acceptors (Lipinski definition) is 30. The number of rotatable bonds is 18. The predicted octanol–water partition coefficient (Wildman–Crippen LogP) is 11.8. The molecule has 13 aromatic heterocycles. The zero-order chi connectivity index (χ0) is 97.0. The van der Waals surface area contributed by atoms with Gasteiger partial charge in [-0.15, -0.1) is 37.9 Å². The number of esters is 2. The van der Waals surface area contributed by atoms with Crippen LogP contribution < -0.4 is 21.7 Å². The number of nitriles is 1. The molecule has 135 heavy (non-hydrogen) atoms. The summed E-state index contributed by atoms with van der Waals surface area (Å²) >= 11 is 0. The molecule has 0 aliphatic rings. The highest BCUT2D eigenvalue weighted by Crippen LogP contribution is 2.30. The summed E-state index contributed by atoms with van der Waals surface area (Å²) in [7, 11) is 1.96. The lowest BCUT2D eigenvalue weighted by Gasteiger charge is -2.19. The van der Waals surface area contributed by atoms with Crippen molar-refractivity contribution in [3.05, 3.63) is 305 Å². The number of carboxylic acids is 3. The summed E-state index contributed by atoms with van der Waals surface area (Å²) in [4.78, 5) is 102. The number of methoxy groups -OCH3 is 1. The zero-order valence-electron chi connectivity index (χ0n) is 75.4. The monoisotopic (exact) mass is 1870 g/mol. The number of aromatic carboxylic acids is 3. The molecule has 13 heterocycles. The smallest absolute Gasteiger partial charge is 0.354 e. The molecule has 0 spiro atoms. The molecule has 0 unspecified atom stereocenters. The molecule has 0 aliphatic carbocycles. The molecule has 0 fully saturated rings. The van der Waals surface area contributed by atoms with E-state index in [1.165, 1.54) is 70.2 Å². The van der Waals surface area contributed by atoms with Crippen LogP contribution in [0.2, 0.25) is 0 Å². The standard InChI is InChI=1S/C18H19N3O2.C16H19N3O5S.C13H9N3O2.C12H14N4O2.C12H10N4.C11H12N4O2.C11H8N4O2.ClH/c1-18(2,3)23-16(22)12-13-9-10-21-15(11-13)19-17(20-21)14-7-5-4-6-8-14;1-10-7-11(2)15(12(3)8-10)25(21,22)24-18-14-9-13(16(20)23-4)5-6-19(14)17;17-13(18)10-6-7-16-11(8-10)14-12(15-16)9-4-2-1-3-5-9;1-7-4-13-8(2)15-11(7)9-5-14-16(3)12(9)10(18)6-17;13-10-6-7-16-11(8-10)14-12(15-16)9-4-2-1-3-5-9;1-6-4-12-7(2)14-9(6)8-5-13-15(3)10(8)11(16)17;1-15-10(11(16)17)8(6-14-15)9-3-2-7(4-12)5-13-9;/h4-11H,12H2,1-3H3;5-9H,17H2,1-4H3;1-8H,(H,17,18);4-5,17H,6H2,1-3H3;1-8H,13H2;4-5H,1-3H3,(H,16,17);2-3,5-6H,1H3,(H,16,17);1H/p+1. The van der Waals surface area contributed by atoms with E-state index in [-0.39, 0.29) is 63.8 Å². The predicted molar refractivity (Wildman–Crippen MR) is 498 cm³/mol. The topological polar surface area (TPSA) is 545 Å². The number of halogens is 1. The van der Waals surface area contributed by atoms with Crippen molar-refractivity contribution in [2.24, 2.45) is 21.1 Å². The number of nitrogen functional groups attached to an aromatic ring is 2. The normalized spacial score (nSPS) is 10.7. The average molecular weight is 1870 g/mol. The van der Waals surface area contributed by atoms with Crippen LogP contribution in [0.3, 0.4) is 0 Å². The van der Waals surface area contributed by atoms with Gasteiger partial charge in [-0.3, -0.25) is 34.5 Å². The largest absolute Gasteiger partial charge is 0.478 e. The number of nitrogens with zero attached hydrogens (tertiary/aromatic N) is 22. The van der Waals surface area contributed by atoms with Gasteiger partial charge >= 0.3 is 45.8 Å². The number of aryl methyl sites for hydroxylation is 10. The Morgan fingerprint density at radius 2 is 0.985 bits per heavy atom. The Balaban J connectivity index is 0.000000164. The van der Waals surface area contributed by atoms with Crippen molar-refractivity contribution < 1.29 is 76.0 Å². The van der Waals surface area contributed by atoms with Crippen molar-refractivity contribution in [1.29, 1.82) is 5.26 Å². The zero-order valence-corrected chi connectivity index (χ0v) is 77.0. The van der Waals surface area contributed by atoms with Gasteiger partial charge in [0.2, 0.25) is 5.78 Å². The van der Waals surface area contributed by atoms with Gasteiger partial charge in [0.25, 0.3) is 0 Å². The molecule has 17 aromatic rings. The van der Waals surface area contributed by atoms with Crippen molar-refractivity contribution in [3.63, 3.8) is 0 Å². The number of carbonyl (C=O) groups is 6. The first-order valence-corrected chi connectivity index (χ1v) is 42.0. The number of nitrogens with two attached hydrogens (primary N) is 2. The summed E-state index contributed by atoms with van der Waals surface area (Å²) in [6.07, 6.45) is 16.1.